The summed E-state index contributed by atoms with van der Waals surface area (Å²) in [5.41, 5.74) is 0. The zero-order valence-electron chi connectivity index (χ0n) is 13.0. The first-order valence-corrected chi connectivity index (χ1v) is 8.27. The lowest BCUT2D eigenvalue weighted by atomic mass is 9.90. The Bertz CT molecular complexity index is 253. The largest absolute Gasteiger partial charge is 0.381 e. The molecule has 0 aromatic carbocycles. The smallest absolute Gasteiger partial charge is 0.0469 e. The van der Waals surface area contributed by atoms with Gasteiger partial charge < -0.3 is 10.1 Å². The van der Waals surface area contributed by atoms with Gasteiger partial charge in [-0.05, 0) is 51.1 Å². The minimum absolute atomic E-state index is 0.676. The van der Waals surface area contributed by atoms with Crippen molar-refractivity contribution < 1.29 is 4.74 Å². The minimum Gasteiger partial charge on any atom is -0.381 e. The molecule has 0 bridgehead atoms. The first-order chi connectivity index (χ1) is 9.22. The van der Waals surface area contributed by atoms with Gasteiger partial charge in [0.15, 0.2) is 0 Å². The third kappa shape index (κ3) is 4.17. The van der Waals surface area contributed by atoms with Crippen LogP contribution in [0.3, 0.4) is 0 Å². The molecule has 0 aromatic heterocycles. The van der Waals surface area contributed by atoms with Gasteiger partial charge in [0.1, 0.15) is 0 Å². The average Bonchev–Trinajstić information content (AvgIpc) is 2.72. The summed E-state index contributed by atoms with van der Waals surface area (Å²) in [6, 6.07) is 1.39. The van der Waals surface area contributed by atoms with Gasteiger partial charge in [-0.3, -0.25) is 4.90 Å². The molecular weight excluding hydrogens is 236 g/mol. The predicted molar refractivity (Wildman–Crippen MR) is 80.4 cm³/mol. The zero-order chi connectivity index (χ0) is 13.7. The molecule has 19 heavy (non-hydrogen) atoms. The summed E-state index contributed by atoms with van der Waals surface area (Å²) in [5, 5.41) is 3.75. The van der Waals surface area contributed by atoms with Gasteiger partial charge >= 0.3 is 0 Å². The fraction of sp³-hybridized carbons (Fsp3) is 1.00. The topological polar surface area (TPSA) is 24.5 Å². The van der Waals surface area contributed by atoms with Gasteiger partial charge in [0.2, 0.25) is 0 Å². The number of ether oxygens (including phenoxy) is 1. The Morgan fingerprint density at radius 1 is 1.26 bits per heavy atom. The van der Waals surface area contributed by atoms with E-state index in [4.69, 9.17) is 4.74 Å². The molecule has 0 aliphatic carbocycles. The fourth-order valence-electron chi connectivity index (χ4n) is 3.51. The molecule has 2 saturated heterocycles. The molecule has 3 heteroatoms. The molecule has 3 unspecified atom stereocenters. The second kappa shape index (κ2) is 7.61. The quantitative estimate of drug-likeness (QED) is 0.848. The third-order valence-corrected chi connectivity index (χ3v) is 5.31. The number of hydrogen-bond acceptors (Lipinski definition) is 3. The van der Waals surface area contributed by atoms with Crippen molar-refractivity contribution in [3.05, 3.63) is 0 Å². The molecule has 0 spiro atoms. The Balaban J connectivity index is 1.92. The number of nitrogens with zero attached hydrogens (tertiary/aromatic N) is 1. The first-order valence-electron chi connectivity index (χ1n) is 8.27. The molecule has 1 N–H and O–H groups in total. The Morgan fingerprint density at radius 2 is 2.00 bits per heavy atom. The summed E-state index contributed by atoms with van der Waals surface area (Å²) in [4.78, 5) is 2.74. The second-order valence-electron chi connectivity index (χ2n) is 6.49. The summed E-state index contributed by atoms with van der Waals surface area (Å²) in [7, 11) is 0. The average molecular weight is 268 g/mol. The van der Waals surface area contributed by atoms with Crippen molar-refractivity contribution in [1.29, 1.82) is 0 Å². The molecule has 2 heterocycles. The van der Waals surface area contributed by atoms with Crippen LogP contribution in [-0.4, -0.2) is 49.8 Å². The molecule has 0 amide bonds. The molecule has 3 atom stereocenters. The van der Waals surface area contributed by atoms with Crippen LogP contribution in [0.5, 0.6) is 0 Å². The first kappa shape index (κ1) is 15.3. The van der Waals surface area contributed by atoms with Crippen LogP contribution >= 0.6 is 0 Å². The van der Waals surface area contributed by atoms with Gasteiger partial charge in [-0.1, -0.05) is 20.3 Å². The standard InChI is InChI=1S/C16H32N2O/c1-4-13(2)16-12-18(9-5-8-17-16)14(3)15-6-10-19-11-7-15/h13-17H,4-12H2,1-3H3. The maximum absolute atomic E-state index is 5.51. The highest BCUT2D eigenvalue weighted by Crippen LogP contribution is 2.24. The monoisotopic (exact) mass is 268 g/mol. The van der Waals surface area contributed by atoms with Crippen molar-refractivity contribution in [2.45, 2.75) is 58.5 Å². The van der Waals surface area contributed by atoms with Gasteiger partial charge in [-0.25, -0.2) is 0 Å². The maximum Gasteiger partial charge on any atom is 0.0469 e. The van der Waals surface area contributed by atoms with Crippen LogP contribution in [0.15, 0.2) is 0 Å². The predicted octanol–water partition coefficient (Wildman–Crippen LogP) is 2.51. The lowest BCUT2D eigenvalue weighted by molar-refractivity contribution is 0.0285. The van der Waals surface area contributed by atoms with E-state index in [1.54, 1.807) is 0 Å². The van der Waals surface area contributed by atoms with E-state index in [1.165, 1.54) is 45.3 Å². The molecule has 0 aromatic rings. The van der Waals surface area contributed by atoms with E-state index in [9.17, 15) is 0 Å². The van der Waals surface area contributed by atoms with E-state index in [0.29, 0.717) is 6.04 Å². The van der Waals surface area contributed by atoms with Crippen molar-refractivity contribution in [3.8, 4) is 0 Å². The van der Waals surface area contributed by atoms with Crippen LogP contribution in [0.1, 0.15) is 46.5 Å². The van der Waals surface area contributed by atoms with Gasteiger partial charge in [0.05, 0.1) is 0 Å². The van der Waals surface area contributed by atoms with Crippen LogP contribution in [-0.2, 0) is 4.74 Å². The van der Waals surface area contributed by atoms with Crippen LogP contribution in [0, 0.1) is 11.8 Å². The molecule has 112 valence electrons. The van der Waals surface area contributed by atoms with Crippen molar-refractivity contribution in [3.63, 3.8) is 0 Å². The van der Waals surface area contributed by atoms with E-state index < -0.39 is 0 Å². The summed E-state index contributed by atoms with van der Waals surface area (Å²) in [5.74, 6) is 1.62. The van der Waals surface area contributed by atoms with Gasteiger partial charge in [-0.2, -0.15) is 0 Å². The number of hydrogen-bond donors (Lipinski definition) is 1. The summed E-state index contributed by atoms with van der Waals surface area (Å²) in [6.45, 7) is 12.8. The van der Waals surface area contributed by atoms with Crippen LogP contribution < -0.4 is 5.32 Å². The summed E-state index contributed by atoms with van der Waals surface area (Å²) in [6.07, 6.45) is 5.07. The van der Waals surface area contributed by atoms with E-state index in [-0.39, 0.29) is 0 Å². The molecule has 3 nitrogen and oxygen atoms in total. The normalized spacial score (nSPS) is 30.8. The molecular formula is C16H32N2O. The van der Waals surface area contributed by atoms with Crippen LogP contribution in [0.4, 0.5) is 0 Å². The highest BCUT2D eigenvalue weighted by molar-refractivity contribution is 4.85. The fourth-order valence-corrected chi connectivity index (χ4v) is 3.51. The molecule has 0 saturated carbocycles. The minimum atomic E-state index is 0.676. The van der Waals surface area contributed by atoms with Crippen molar-refractivity contribution in [1.82, 2.24) is 10.2 Å². The number of rotatable bonds is 4. The van der Waals surface area contributed by atoms with E-state index >= 15 is 0 Å². The van der Waals surface area contributed by atoms with Gasteiger partial charge in [0, 0.05) is 31.8 Å². The summed E-state index contributed by atoms with van der Waals surface area (Å²) >= 11 is 0. The van der Waals surface area contributed by atoms with Gasteiger partial charge in [-0.15, -0.1) is 0 Å². The van der Waals surface area contributed by atoms with Crippen LogP contribution in [0.25, 0.3) is 0 Å². The Hall–Kier alpha value is -0.120. The molecule has 2 rings (SSSR count). The lowest BCUT2D eigenvalue weighted by Gasteiger charge is -2.38. The van der Waals surface area contributed by atoms with Crippen molar-refractivity contribution >= 4 is 0 Å². The zero-order valence-corrected chi connectivity index (χ0v) is 13.0. The summed E-state index contributed by atoms with van der Waals surface area (Å²) < 4.78 is 5.51. The lowest BCUT2D eigenvalue weighted by Crippen LogP contribution is -2.47. The Labute approximate surface area is 119 Å². The second-order valence-corrected chi connectivity index (χ2v) is 6.49. The Morgan fingerprint density at radius 3 is 2.68 bits per heavy atom. The maximum atomic E-state index is 5.51. The molecule has 2 fully saturated rings. The molecule has 2 aliphatic heterocycles. The molecule has 2 aliphatic rings. The molecule has 0 radical (unpaired) electrons. The van der Waals surface area contributed by atoms with E-state index in [2.05, 4.69) is 31.0 Å². The number of nitrogens with one attached hydrogen (secondary N) is 1. The SMILES string of the molecule is CCC(C)C1CN(C(C)C2CCOCC2)CCCN1. The van der Waals surface area contributed by atoms with Crippen LogP contribution in [0.2, 0.25) is 0 Å². The van der Waals surface area contributed by atoms with Crippen molar-refractivity contribution in [2.75, 3.05) is 32.8 Å². The highest BCUT2D eigenvalue weighted by Gasteiger charge is 2.29. The van der Waals surface area contributed by atoms with Gasteiger partial charge in [0.25, 0.3) is 0 Å². The van der Waals surface area contributed by atoms with E-state index in [0.717, 1.165) is 31.1 Å². The third-order valence-electron chi connectivity index (χ3n) is 5.31. The highest BCUT2D eigenvalue weighted by atomic mass is 16.5. The van der Waals surface area contributed by atoms with Crippen molar-refractivity contribution in [2.24, 2.45) is 11.8 Å². The Kier molecular flexibility index (Phi) is 6.11. The van der Waals surface area contributed by atoms with E-state index in [1.807, 2.05) is 0 Å².